The molecule has 0 N–H and O–H groups in total. The van der Waals surface area contributed by atoms with Crippen LogP contribution in [-0.4, -0.2) is 24.1 Å². The summed E-state index contributed by atoms with van der Waals surface area (Å²) in [6, 6.07) is 0. The lowest BCUT2D eigenvalue weighted by Crippen LogP contribution is -2.16. The zero-order valence-electron chi connectivity index (χ0n) is 7.45. The maximum Gasteiger partial charge on any atom is 0.413 e. The molecule has 1 aliphatic rings. The summed E-state index contributed by atoms with van der Waals surface area (Å²) in [5.74, 6) is 0. The molecule has 0 aromatic heterocycles. The minimum atomic E-state index is -0.220. The van der Waals surface area contributed by atoms with Crippen molar-refractivity contribution in [1.82, 2.24) is 4.90 Å². The maximum absolute atomic E-state index is 10.9. The standard InChI is InChI=1S/C9H15NO2/c1-2-3-4-5-6-10-7-8-12-9(10)11/h5-6H,2-4,7-8H2,1H3/b6-5-. The molecule has 1 amide bonds. The van der Waals surface area contributed by atoms with E-state index in [0.717, 1.165) is 6.42 Å². The lowest BCUT2D eigenvalue weighted by atomic mass is 10.2. The molecule has 0 spiro atoms. The predicted octanol–water partition coefficient (Wildman–Crippen LogP) is 2.14. The Balaban J connectivity index is 2.20. The average Bonchev–Trinajstić information content (AvgIpc) is 2.46. The monoisotopic (exact) mass is 169 g/mol. The molecule has 1 fully saturated rings. The average molecular weight is 169 g/mol. The number of amides is 1. The van der Waals surface area contributed by atoms with E-state index in [9.17, 15) is 4.79 Å². The van der Waals surface area contributed by atoms with Crippen molar-refractivity contribution in [2.45, 2.75) is 26.2 Å². The van der Waals surface area contributed by atoms with Gasteiger partial charge < -0.3 is 4.74 Å². The van der Waals surface area contributed by atoms with Gasteiger partial charge in [-0.05, 0) is 6.42 Å². The predicted molar refractivity (Wildman–Crippen MR) is 46.7 cm³/mol. The maximum atomic E-state index is 10.9. The fourth-order valence-electron chi connectivity index (χ4n) is 1.06. The number of carbonyl (C=O) groups excluding carboxylic acids is 1. The van der Waals surface area contributed by atoms with Crippen LogP contribution in [0.5, 0.6) is 0 Å². The molecule has 3 nitrogen and oxygen atoms in total. The number of cyclic esters (lactones) is 1. The lowest BCUT2D eigenvalue weighted by molar-refractivity contribution is 0.166. The van der Waals surface area contributed by atoms with E-state index in [1.165, 1.54) is 12.8 Å². The van der Waals surface area contributed by atoms with E-state index in [1.54, 1.807) is 4.90 Å². The number of carbonyl (C=O) groups is 1. The fraction of sp³-hybridized carbons (Fsp3) is 0.667. The Kier molecular flexibility index (Phi) is 3.64. The van der Waals surface area contributed by atoms with Crippen molar-refractivity contribution in [3.8, 4) is 0 Å². The largest absolute Gasteiger partial charge is 0.447 e. The summed E-state index contributed by atoms with van der Waals surface area (Å²) < 4.78 is 4.76. The molecule has 1 aliphatic heterocycles. The summed E-state index contributed by atoms with van der Waals surface area (Å²) in [7, 11) is 0. The summed E-state index contributed by atoms with van der Waals surface area (Å²) >= 11 is 0. The Morgan fingerprint density at radius 3 is 3.08 bits per heavy atom. The van der Waals surface area contributed by atoms with Crippen molar-refractivity contribution in [1.29, 1.82) is 0 Å². The van der Waals surface area contributed by atoms with Crippen LogP contribution >= 0.6 is 0 Å². The van der Waals surface area contributed by atoms with Crippen molar-refractivity contribution < 1.29 is 9.53 Å². The first-order valence-corrected chi connectivity index (χ1v) is 4.44. The normalized spacial score (nSPS) is 17.4. The van der Waals surface area contributed by atoms with Gasteiger partial charge in [0.2, 0.25) is 0 Å². The Bertz CT molecular complexity index is 177. The quantitative estimate of drug-likeness (QED) is 0.603. The number of rotatable bonds is 4. The summed E-state index contributed by atoms with van der Waals surface area (Å²) in [6.07, 6.45) is 7.04. The van der Waals surface area contributed by atoms with E-state index in [-0.39, 0.29) is 6.09 Å². The molecular formula is C9H15NO2. The lowest BCUT2D eigenvalue weighted by Gasteiger charge is -2.03. The van der Waals surface area contributed by atoms with Gasteiger partial charge >= 0.3 is 6.09 Å². The van der Waals surface area contributed by atoms with Crippen LogP contribution in [0, 0.1) is 0 Å². The Hall–Kier alpha value is -0.990. The molecule has 12 heavy (non-hydrogen) atoms. The van der Waals surface area contributed by atoms with E-state index in [0.29, 0.717) is 13.2 Å². The van der Waals surface area contributed by atoms with Gasteiger partial charge in [0.25, 0.3) is 0 Å². The van der Waals surface area contributed by atoms with Gasteiger partial charge in [-0.3, -0.25) is 4.90 Å². The highest BCUT2D eigenvalue weighted by Gasteiger charge is 2.18. The van der Waals surface area contributed by atoms with Crippen LogP contribution < -0.4 is 0 Å². The summed E-state index contributed by atoms with van der Waals surface area (Å²) in [6.45, 7) is 3.37. The van der Waals surface area contributed by atoms with Crippen molar-refractivity contribution in [2.24, 2.45) is 0 Å². The second kappa shape index (κ2) is 4.80. The van der Waals surface area contributed by atoms with Gasteiger partial charge in [-0.1, -0.05) is 25.8 Å². The van der Waals surface area contributed by atoms with E-state index in [2.05, 4.69) is 6.92 Å². The van der Waals surface area contributed by atoms with Gasteiger partial charge in [-0.25, -0.2) is 4.79 Å². The first-order valence-electron chi connectivity index (χ1n) is 4.44. The molecule has 1 heterocycles. The highest BCUT2D eigenvalue weighted by Crippen LogP contribution is 2.04. The molecule has 0 aromatic carbocycles. The van der Waals surface area contributed by atoms with Gasteiger partial charge in [0.15, 0.2) is 0 Å². The van der Waals surface area contributed by atoms with E-state index >= 15 is 0 Å². The third-order valence-corrected chi connectivity index (χ3v) is 1.80. The van der Waals surface area contributed by atoms with Gasteiger partial charge in [-0.2, -0.15) is 0 Å². The third kappa shape index (κ3) is 2.57. The van der Waals surface area contributed by atoms with Crippen LogP contribution in [0.25, 0.3) is 0 Å². The van der Waals surface area contributed by atoms with Crippen LogP contribution in [0.2, 0.25) is 0 Å². The second-order valence-electron chi connectivity index (χ2n) is 2.83. The first kappa shape index (κ1) is 9.10. The fourth-order valence-corrected chi connectivity index (χ4v) is 1.06. The zero-order valence-corrected chi connectivity index (χ0v) is 7.45. The molecule has 0 unspecified atom stereocenters. The molecule has 0 saturated carbocycles. The zero-order chi connectivity index (χ0) is 8.81. The highest BCUT2D eigenvalue weighted by atomic mass is 16.6. The molecule has 1 rings (SSSR count). The van der Waals surface area contributed by atoms with Crippen LogP contribution in [0.15, 0.2) is 12.3 Å². The number of unbranched alkanes of at least 4 members (excludes halogenated alkanes) is 2. The SMILES string of the molecule is CCCC/C=C\N1CCOC1=O. The molecular weight excluding hydrogens is 154 g/mol. The third-order valence-electron chi connectivity index (χ3n) is 1.80. The molecule has 3 heteroatoms. The molecule has 0 bridgehead atoms. The summed E-state index contributed by atoms with van der Waals surface area (Å²) in [4.78, 5) is 12.5. The second-order valence-corrected chi connectivity index (χ2v) is 2.83. The van der Waals surface area contributed by atoms with E-state index in [4.69, 9.17) is 4.74 Å². The molecule has 1 saturated heterocycles. The highest BCUT2D eigenvalue weighted by molar-refractivity contribution is 5.70. The topological polar surface area (TPSA) is 29.5 Å². The van der Waals surface area contributed by atoms with E-state index in [1.807, 2.05) is 12.3 Å². The van der Waals surface area contributed by atoms with Gasteiger partial charge in [0.05, 0.1) is 6.54 Å². The van der Waals surface area contributed by atoms with E-state index < -0.39 is 0 Å². The van der Waals surface area contributed by atoms with Crippen LogP contribution in [0.1, 0.15) is 26.2 Å². The van der Waals surface area contributed by atoms with Crippen molar-refractivity contribution in [3.63, 3.8) is 0 Å². The number of hydrogen-bond acceptors (Lipinski definition) is 2. The number of allylic oxidation sites excluding steroid dienone is 1. The van der Waals surface area contributed by atoms with Gasteiger partial charge in [-0.15, -0.1) is 0 Å². The number of ether oxygens (including phenoxy) is 1. The first-order chi connectivity index (χ1) is 5.84. The number of hydrogen-bond donors (Lipinski definition) is 0. The Labute approximate surface area is 73.0 Å². The van der Waals surface area contributed by atoms with Crippen molar-refractivity contribution in [2.75, 3.05) is 13.2 Å². The summed E-state index contributed by atoms with van der Waals surface area (Å²) in [5.41, 5.74) is 0. The Morgan fingerprint density at radius 2 is 2.50 bits per heavy atom. The smallest absolute Gasteiger partial charge is 0.413 e. The van der Waals surface area contributed by atoms with Crippen molar-refractivity contribution in [3.05, 3.63) is 12.3 Å². The Morgan fingerprint density at radius 1 is 1.67 bits per heavy atom. The minimum Gasteiger partial charge on any atom is -0.447 e. The molecule has 0 atom stereocenters. The molecule has 0 radical (unpaired) electrons. The molecule has 0 aromatic rings. The molecule has 68 valence electrons. The number of nitrogens with zero attached hydrogens (tertiary/aromatic N) is 1. The minimum absolute atomic E-state index is 0.220. The van der Waals surface area contributed by atoms with Crippen LogP contribution in [-0.2, 0) is 4.74 Å². The van der Waals surface area contributed by atoms with Gasteiger partial charge in [0, 0.05) is 6.20 Å². The van der Waals surface area contributed by atoms with Gasteiger partial charge in [0.1, 0.15) is 6.61 Å². The van der Waals surface area contributed by atoms with Crippen LogP contribution in [0.3, 0.4) is 0 Å². The van der Waals surface area contributed by atoms with Crippen LogP contribution in [0.4, 0.5) is 4.79 Å². The molecule has 0 aliphatic carbocycles. The van der Waals surface area contributed by atoms with Crippen molar-refractivity contribution >= 4 is 6.09 Å². The summed E-state index contributed by atoms with van der Waals surface area (Å²) in [5, 5.41) is 0.